The molecular formula is C13H17N7S. The maximum Gasteiger partial charge on any atom is 0.189 e. The minimum Gasteiger partial charge on any atom is -0.403 e. The van der Waals surface area contributed by atoms with Gasteiger partial charge in [0.1, 0.15) is 11.6 Å². The van der Waals surface area contributed by atoms with Crippen molar-refractivity contribution in [2.24, 2.45) is 5.73 Å². The number of nitrogens with zero attached hydrogens (tertiary/aromatic N) is 4. The number of allylic oxidation sites excluding steroid dienone is 1. The van der Waals surface area contributed by atoms with Crippen LogP contribution in [-0.2, 0) is 0 Å². The topological polar surface area (TPSA) is 115 Å². The minimum atomic E-state index is 0.298. The van der Waals surface area contributed by atoms with Gasteiger partial charge in [-0.3, -0.25) is 0 Å². The number of aromatic nitrogens is 2. The van der Waals surface area contributed by atoms with E-state index in [0.29, 0.717) is 27.9 Å². The van der Waals surface area contributed by atoms with E-state index < -0.39 is 0 Å². The third-order valence-electron chi connectivity index (χ3n) is 2.34. The van der Waals surface area contributed by atoms with Gasteiger partial charge in [0.05, 0.1) is 11.4 Å². The molecule has 1 heterocycles. The molecule has 0 fully saturated rings. The van der Waals surface area contributed by atoms with Crippen molar-refractivity contribution in [3.63, 3.8) is 0 Å². The largest absolute Gasteiger partial charge is 0.403 e. The number of nitrogens with two attached hydrogens (primary N) is 1. The van der Waals surface area contributed by atoms with Crippen molar-refractivity contribution in [2.45, 2.75) is 5.16 Å². The van der Waals surface area contributed by atoms with Crippen LogP contribution in [0.25, 0.3) is 6.08 Å². The van der Waals surface area contributed by atoms with Crippen molar-refractivity contribution >= 4 is 29.9 Å². The molecule has 0 saturated carbocycles. The van der Waals surface area contributed by atoms with Gasteiger partial charge in [0.2, 0.25) is 0 Å². The zero-order valence-corrected chi connectivity index (χ0v) is 12.9. The second-order valence-corrected chi connectivity index (χ2v) is 4.88. The van der Waals surface area contributed by atoms with Crippen molar-refractivity contribution in [1.82, 2.24) is 14.9 Å². The predicted octanol–water partition coefficient (Wildman–Crippen LogP) is 1.46. The summed E-state index contributed by atoms with van der Waals surface area (Å²) in [4.78, 5) is 10.4. The van der Waals surface area contributed by atoms with Crippen LogP contribution >= 0.6 is 11.8 Å². The molecule has 0 spiro atoms. The van der Waals surface area contributed by atoms with Crippen molar-refractivity contribution < 1.29 is 0 Å². The Morgan fingerprint density at radius 2 is 2.19 bits per heavy atom. The van der Waals surface area contributed by atoms with E-state index in [9.17, 15) is 5.26 Å². The SMILES string of the molecule is CSc1nc(/C=C/N(C)C)c(C#N)c(NC(C=N)=CN)n1. The first kappa shape index (κ1) is 16.5. The van der Waals surface area contributed by atoms with E-state index in [1.807, 2.05) is 25.3 Å². The lowest BCUT2D eigenvalue weighted by Gasteiger charge is -2.11. The van der Waals surface area contributed by atoms with Crippen LogP contribution in [0.5, 0.6) is 0 Å². The van der Waals surface area contributed by atoms with E-state index in [2.05, 4.69) is 21.4 Å². The first-order valence-corrected chi connectivity index (χ1v) is 7.18. The second-order valence-electron chi connectivity index (χ2n) is 4.10. The van der Waals surface area contributed by atoms with Gasteiger partial charge in [-0.1, -0.05) is 11.8 Å². The summed E-state index contributed by atoms with van der Waals surface area (Å²) in [6, 6.07) is 2.08. The number of nitriles is 1. The van der Waals surface area contributed by atoms with Crippen LogP contribution in [-0.4, -0.2) is 41.4 Å². The van der Waals surface area contributed by atoms with Crippen molar-refractivity contribution in [3.8, 4) is 6.07 Å². The Kier molecular flexibility index (Phi) is 6.23. The molecule has 21 heavy (non-hydrogen) atoms. The standard InChI is InChI=1S/C13H17N7S/c1-20(2)5-4-11-10(8-16)12(17-9(6-14)7-15)19-13(18-11)21-3/h4-7,14H,15H2,1-3H3,(H,17,18,19)/b5-4+,9-7?,14-6?. The van der Waals surface area contributed by atoms with Crippen LogP contribution in [0.1, 0.15) is 11.3 Å². The van der Waals surface area contributed by atoms with Gasteiger partial charge < -0.3 is 21.4 Å². The molecule has 1 aromatic heterocycles. The molecule has 0 aliphatic heterocycles. The molecule has 0 saturated heterocycles. The highest BCUT2D eigenvalue weighted by Gasteiger charge is 2.13. The normalized spacial score (nSPS) is 11.2. The van der Waals surface area contributed by atoms with E-state index in [1.165, 1.54) is 18.0 Å². The van der Waals surface area contributed by atoms with Gasteiger partial charge in [0, 0.05) is 32.7 Å². The Balaban J connectivity index is 3.38. The molecular weight excluding hydrogens is 286 g/mol. The third kappa shape index (κ3) is 4.50. The van der Waals surface area contributed by atoms with Crippen LogP contribution in [0.4, 0.5) is 5.82 Å². The van der Waals surface area contributed by atoms with Crippen LogP contribution in [0, 0.1) is 16.7 Å². The molecule has 0 aliphatic carbocycles. The van der Waals surface area contributed by atoms with E-state index in [1.54, 1.807) is 12.3 Å². The molecule has 0 aliphatic rings. The number of rotatable bonds is 6. The lowest BCUT2D eigenvalue weighted by molar-refractivity contribution is 0.567. The van der Waals surface area contributed by atoms with E-state index >= 15 is 0 Å². The summed E-state index contributed by atoms with van der Waals surface area (Å²) in [7, 11) is 3.76. The van der Waals surface area contributed by atoms with Gasteiger partial charge in [0.25, 0.3) is 0 Å². The lowest BCUT2D eigenvalue weighted by Crippen LogP contribution is -2.09. The fourth-order valence-electron chi connectivity index (χ4n) is 1.35. The molecule has 0 unspecified atom stereocenters. The maximum absolute atomic E-state index is 9.35. The number of anilines is 1. The quantitative estimate of drug-likeness (QED) is 0.414. The Labute approximate surface area is 128 Å². The van der Waals surface area contributed by atoms with E-state index in [0.717, 1.165) is 6.21 Å². The summed E-state index contributed by atoms with van der Waals surface area (Å²) >= 11 is 1.37. The Bertz CT molecular complexity index is 614. The number of hydrogen-bond acceptors (Lipinski definition) is 8. The van der Waals surface area contributed by atoms with E-state index in [-0.39, 0.29) is 0 Å². The maximum atomic E-state index is 9.35. The first-order chi connectivity index (χ1) is 10.0. The predicted molar refractivity (Wildman–Crippen MR) is 85.9 cm³/mol. The smallest absolute Gasteiger partial charge is 0.189 e. The van der Waals surface area contributed by atoms with Crippen LogP contribution < -0.4 is 11.1 Å². The zero-order chi connectivity index (χ0) is 15.8. The molecule has 110 valence electrons. The van der Waals surface area contributed by atoms with Crippen LogP contribution in [0.3, 0.4) is 0 Å². The van der Waals surface area contributed by atoms with Gasteiger partial charge in [-0.25, -0.2) is 9.97 Å². The van der Waals surface area contributed by atoms with Crippen molar-refractivity contribution in [3.05, 3.63) is 29.4 Å². The first-order valence-electron chi connectivity index (χ1n) is 5.95. The Hall–Kier alpha value is -2.53. The van der Waals surface area contributed by atoms with Crippen LogP contribution in [0.2, 0.25) is 0 Å². The highest BCUT2D eigenvalue weighted by Crippen LogP contribution is 2.22. The summed E-state index contributed by atoms with van der Waals surface area (Å²) in [5.74, 6) is 0.329. The number of nitrogens with one attached hydrogen (secondary N) is 2. The number of hydrogen-bond donors (Lipinski definition) is 3. The lowest BCUT2D eigenvalue weighted by atomic mass is 10.2. The fourth-order valence-corrected chi connectivity index (χ4v) is 1.72. The van der Waals surface area contributed by atoms with Gasteiger partial charge >= 0.3 is 0 Å². The summed E-state index contributed by atoms with van der Waals surface area (Å²) in [5.41, 5.74) is 6.56. The van der Waals surface area contributed by atoms with Gasteiger partial charge in [-0.15, -0.1) is 0 Å². The fraction of sp³-hybridized carbons (Fsp3) is 0.231. The molecule has 0 aromatic carbocycles. The Morgan fingerprint density at radius 1 is 1.48 bits per heavy atom. The van der Waals surface area contributed by atoms with Gasteiger partial charge in [-0.05, 0) is 12.3 Å². The molecule has 7 nitrogen and oxygen atoms in total. The molecule has 1 rings (SSSR count). The molecule has 4 N–H and O–H groups in total. The summed E-state index contributed by atoms with van der Waals surface area (Å²) < 4.78 is 0. The summed E-state index contributed by atoms with van der Waals surface area (Å²) in [6.45, 7) is 0. The van der Waals surface area contributed by atoms with E-state index in [4.69, 9.17) is 11.1 Å². The van der Waals surface area contributed by atoms with Gasteiger partial charge in [0.15, 0.2) is 11.0 Å². The van der Waals surface area contributed by atoms with Crippen molar-refractivity contribution in [2.75, 3.05) is 25.7 Å². The Morgan fingerprint density at radius 3 is 2.67 bits per heavy atom. The average molecular weight is 303 g/mol. The highest BCUT2D eigenvalue weighted by atomic mass is 32.2. The minimum absolute atomic E-state index is 0.298. The molecule has 0 bridgehead atoms. The number of thioether (sulfide) groups is 1. The zero-order valence-electron chi connectivity index (χ0n) is 12.1. The molecule has 0 radical (unpaired) electrons. The van der Waals surface area contributed by atoms with Crippen molar-refractivity contribution in [1.29, 1.82) is 10.7 Å². The van der Waals surface area contributed by atoms with Crippen LogP contribution in [0.15, 0.2) is 23.3 Å². The summed E-state index contributed by atoms with van der Waals surface area (Å²) in [6.07, 6.45) is 7.68. The average Bonchev–Trinajstić information content (AvgIpc) is 2.49. The molecule has 1 aromatic rings. The van der Waals surface area contributed by atoms with Gasteiger partial charge in [-0.2, -0.15) is 5.26 Å². The monoisotopic (exact) mass is 303 g/mol. The highest BCUT2D eigenvalue weighted by molar-refractivity contribution is 7.98. The second kappa shape index (κ2) is 7.91. The summed E-state index contributed by atoms with van der Waals surface area (Å²) in [5, 5.41) is 20.0. The molecule has 0 amide bonds. The third-order valence-corrected chi connectivity index (χ3v) is 2.89. The molecule has 0 atom stereocenters. The molecule has 8 heteroatoms.